The van der Waals surface area contributed by atoms with Crippen molar-refractivity contribution in [1.29, 1.82) is 0 Å². The molecule has 0 saturated carbocycles. The first kappa shape index (κ1) is 17.0. The van der Waals surface area contributed by atoms with Crippen molar-refractivity contribution in [3.05, 3.63) is 76.9 Å². The number of hydrogen-bond acceptors (Lipinski definition) is 4. The molecule has 126 valence electrons. The van der Waals surface area contributed by atoms with Crippen molar-refractivity contribution < 1.29 is 9.53 Å². The van der Waals surface area contributed by atoms with Gasteiger partial charge in [-0.1, -0.05) is 22.0 Å². The molecule has 2 N–H and O–H groups in total. The van der Waals surface area contributed by atoms with E-state index in [0.717, 1.165) is 15.9 Å². The molecule has 1 heterocycles. The summed E-state index contributed by atoms with van der Waals surface area (Å²) in [5, 5.41) is 6.01. The quantitative estimate of drug-likeness (QED) is 0.645. The average molecular weight is 398 g/mol. The summed E-state index contributed by atoms with van der Waals surface area (Å²) in [5.74, 6) is 1.19. The lowest BCUT2D eigenvalue weighted by Gasteiger charge is -2.08. The lowest BCUT2D eigenvalue weighted by atomic mass is 10.2. The van der Waals surface area contributed by atoms with Gasteiger partial charge in [-0.2, -0.15) is 0 Å². The van der Waals surface area contributed by atoms with Crippen LogP contribution in [-0.2, 0) is 0 Å². The van der Waals surface area contributed by atoms with Crippen molar-refractivity contribution in [3.8, 4) is 5.75 Å². The number of carbonyl (C=O) groups excluding carboxylic acids is 1. The van der Waals surface area contributed by atoms with Crippen molar-refractivity contribution in [2.45, 2.75) is 0 Å². The Morgan fingerprint density at radius 1 is 1.04 bits per heavy atom. The minimum atomic E-state index is -0.216. The van der Waals surface area contributed by atoms with E-state index in [1.165, 1.54) is 0 Å². The lowest BCUT2D eigenvalue weighted by Crippen LogP contribution is -2.12. The van der Waals surface area contributed by atoms with E-state index in [1.807, 2.05) is 24.3 Å². The van der Waals surface area contributed by atoms with Crippen LogP contribution in [0.25, 0.3) is 0 Å². The number of anilines is 3. The molecule has 0 spiro atoms. The summed E-state index contributed by atoms with van der Waals surface area (Å²) >= 11 is 3.43. The number of nitrogens with one attached hydrogen (secondary N) is 2. The highest BCUT2D eigenvalue weighted by atomic mass is 79.9. The molecule has 5 nitrogen and oxygen atoms in total. The van der Waals surface area contributed by atoms with Crippen LogP contribution < -0.4 is 15.4 Å². The largest absolute Gasteiger partial charge is 0.497 e. The van der Waals surface area contributed by atoms with E-state index in [4.69, 9.17) is 4.74 Å². The minimum Gasteiger partial charge on any atom is -0.497 e. The highest BCUT2D eigenvalue weighted by Crippen LogP contribution is 2.20. The van der Waals surface area contributed by atoms with Gasteiger partial charge in [0.2, 0.25) is 0 Å². The second kappa shape index (κ2) is 7.81. The van der Waals surface area contributed by atoms with E-state index in [9.17, 15) is 4.79 Å². The molecule has 3 aromatic rings. The predicted molar refractivity (Wildman–Crippen MR) is 103 cm³/mol. The molecule has 3 rings (SSSR count). The van der Waals surface area contributed by atoms with E-state index in [2.05, 4.69) is 31.5 Å². The zero-order valence-electron chi connectivity index (χ0n) is 13.5. The van der Waals surface area contributed by atoms with Gasteiger partial charge < -0.3 is 15.4 Å². The third-order valence-corrected chi connectivity index (χ3v) is 3.96. The van der Waals surface area contributed by atoms with Gasteiger partial charge in [0.05, 0.1) is 12.7 Å². The Hall–Kier alpha value is -2.86. The van der Waals surface area contributed by atoms with Gasteiger partial charge in [-0.25, -0.2) is 4.98 Å². The summed E-state index contributed by atoms with van der Waals surface area (Å²) in [6.07, 6.45) is 1.54. The highest BCUT2D eigenvalue weighted by molar-refractivity contribution is 9.10. The van der Waals surface area contributed by atoms with Crippen LogP contribution in [0.15, 0.2) is 71.3 Å². The number of halogens is 1. The van der Waals surface area contributed by atoms with Crippen LogP contribution >= 0.6 is 15.9 Å². The Labute approximate surface area is 154 Å². The standard InChI is InChI=1S/C19H16BrN3O2/c1-25-17-8-6-15(7-9-17)23-19(24)13-5-10-18(21-12-13)22-16-4-2-3-14(20)11-16/h2-12H,1H3,(H,21,22)(H,23,24). The van der Waals surface area contributed by atoms with Gasteiger partial charge in [0, 0.05) is 22.0 Å². The molecule has 0 aliphatic rings. The van der Waals surface area contributed by atoms with E-state index >= 15 is 0 Å². The van der Waals surface area contributed by atoms with Crippen LogP contribution in [0.2, 0.25) is 0 Å². The maximum absolute atomic E-state index is 12.3. The van der Waals surface area contributed by atoms with E-state index in [-0.39, 0.29) is 5.91 Å². The molecule has 2 aromatic carbocycles. The monoisotopic (exact) mass is 397 g/mol. The molecule has 1 amide bonds. The van der Waals surface area contributed by atoms with Crippen LogP contribution in [-0.4, -0.2) is 18.0 Å². The van der Waals surface area contributed by atoms with Crippen LogP contribution in [0, 0.1) is 0 Å². The number of aromatic nitrogens is 1. The number of amides is 1. The number of ether oxygens (including phenoxy) is 1. The molecule has 0 aliphatic carbocycles. The SMILES string of the molecule is COc1ccc(NC(=O)c2ccc(Nc3cccc(Br)c3)nc2)cc1. The molecular formula is C19H16BrN3O2. The van der Waals surface area contributed by atoms with Crippen molar-refractivity contribution in [3.63, 3.8) is 0 Å². The third kappa shape index (κ3) is 4.58. The molecule has 0 aliphatic heterocycles. The summed E-state index contributed by atoms with van der Waals surface area (Å²) in [6, 6.07) is 18.4. The van der Waals surface area contributed by atoms with Crippen LogP contribution in [0.1, 0.15) is 10.4 Å². The van der Waals surface area contributed by atoms with Gasteiger partial charge in [0.15, 0.2) is 0 Å². The first-order valence-corrected chi connectivity index (χ1v) is 8.37. The van der Waals surface area contributed by atoms with Crippen molar-refractivity contribution in [2.24, 2.45) is 0 Å². The fraction of sp³-hybridized carbons (Fsp3) is 0.0526. The van der Waals surface area contributed by atoms with E-state index in [0.29, 0.717) is 17.1 Å². The summed E-state index contributed by atoms with van der Waals surface area (Å²) in [5.41, 5.74) is 2.09. The van der Waals surface area contributed by atoms with Gasteiger partial charge in [0.25, 0.3) is 5.91 Å². The fourth-order valence-electron chi connectivity index (χ4n) is 2.19. The molecule has 0 atom stereocenters. The number of nitrogens with zero attached hydrogens (tertiary/aromatic N) is 1. The van der Waals surface area contributed by atoms with E-state index < -0.39 is 0 Å². The smallest absolute Gasteiger partial charge is 0.257 e. The van der Waals surface area contributed by atoms with Gasteiger partial charge >= 0.3 is 0 Å². The van der Waals surface area contributed by atoms with Gasteiger partial charge in [-0.05, 0) is 54.6 Å². The molecule has 1 aromatic heterocycles. The zero-order valence-corrected chi connectivity index (χ0v) is 15.1. The average Bonchev–Trinajstić information content (AvgIpc) is 2.63. The second-order valence-corrected chi connectivity index (χ2v) is 6.17. The summed E-state index contributed by atoms with van der Waals surface area (Å²) in [4.78, 5) is 16.6. The predicted octanol–water partition coefficient (Wildman–Crippen LogP) is 4.85. The molecule has 25 heavy (non-hydrogen) atoms. The normalized spacial score (nSPS) is 10.2. The molecular weight excluding hydrogens is 382 g/mol. The molecule has 0 saturated heterocycles. The molecule has 0 unspecified atom stereocenters. The zero-order chi connectivity index (χ0) is 17.6. The van der Waals surface area contributed by atoms with Crippen molar-refractivity contribution >= 4 is 39.0 Å². The molecule has 0 radical (unpaired) electrons. The third-order valence-electron chi connectivity index (χ3n) is 3.47. The fourth-order valence-corrected chi connectivity index (χ4v) is 2.59. The van der Waals surface area contributed by atoms with Gasteiger partial charge in [-0.3, -0.25) is 4.79 Å². The Balaban J connectivity index is 1.65. The Morgan fingerprint density at radius 2 is 1.84 bits per heavy atom. The van der Waals surface area contributed by atoms with Crippen LogP contribution in [0.4, 0.5) is 17.2 Å². The van der Waals surface area contributed by atoms with Gasteiger partial charge in [-0.15, -0.1) is 0 Å². The number of benzene rings is 2. The van der Waals surface area contributed by atoms with Crippen molar-refractivity contribution in [1.82, 2.24) is 4.98 Å². The number of hydrogen-bond donors (Lipinski definition) is 2. The Kier molecular flexibility index (Phi) is 5.30. The Bertz CT molecular complexity index is 865. The topological polar surface area (TPSA) is 63.2 Å². The summed E-state index contributed by atoms with van der Waals surface area (Å²) < 4.78 is 6.08. The van der Waals surface area contributed by atoms with Crippen LogP contribution in [0.3, 0.4) is 0 Å². The number of pyridine rings is 1. The maximum Gasteiger partial charge on any atom is 0.257 e. The second-order valence-electron chi connectivity index (χ2n) is 5.25. The summed E-state index contributed by atoms with van der Waals surface area (Å²) in [7, 11) is 1.60. The number of carbonyl (C=O) groups is 1. The Morgan fingerprint density at radius 3 is 2.48 bits per heavy atom. The molecule has 6 heteroatoms. The maximum atomic E-state index is 12.3. The molecule has 0 fully saturated rings. The number of methoxy groups -OCH3 is 1. The van der Waals surface area contributed by atoms with Crippen LogP contribution in [0.5, 0.6) is 5.75 Å². The minimum absolute atomic E-state index is 0.216. The first-order valence-electron chi connectivity index (χ1n) is 7.58. The van der Waals surface area contributed by atoms with Crippen molar-refractivity contribution in [2.75, 3.05) is 17.7 Å². The highest BCUT2D eigenvalue weighted by Gasteiger charge is 2.07. The lowest BCUT2D eigenvalue weighted by molar-refractivity contribution is 0.102. The van der Waals surface area contributed by atoms with E-state index in [1.54, 1.807) is 49.7 Å². The first-order chi connectivity index (χ1) is 12.1. The summed E-state index contributed by atoms with van der Waals surface area (Å²) in [6.45, 7) is 0. The number of rotatable bonds is 5. The van der Waals surface area contributed by atoms with Gasteiger partial charge in [0.1, 0.15) is 11.6 Å². The molecule has 0 bridgehead atoms.